The smallest absolute Gasteiger partial charge is 0.289 e. The molecule has 0 radical (unpaired) electrons. The Morgan fingerprint density at radius 2 is 2.25 bits per heavy atom. The molecule has 2 aromatic rings. The van der Waals surface area contributed by atoms with Crippen molar-refractivity contribution in [1.82, 2.24) is 14.7 Å². The third-order valence-electron chi connectivity index (χ3n) is 4.19. The van der Waals surface area contributed by atoms with Gasteiger partial charge in [-0.05, 0) is 24.6 Å². The highest BCUT2D eigenvalue weighted by atomic mass is 16.5. The molecule has 0 unspecified atom stereocenters. The molecule has 0 spiro atoms. The fourth-order valence-corrected chi connectivity index (χ4v) is 3.02. The zero-order chi connectivity index (χ0) is 17.1. The number of amides is 1. The highest BCUT2D eigenvalue weighted by Crippen LogP contribution is 2.24. The number of nitrogen functional groups attached to an aromatic ring is 1. The molecule has 0 aliphatic carbocycles. The molecule has 130 valence electrons. The standard InChI is InChI=1S/C16H22N4O4/c1-22-10-12-3-4-14(24-12)16(21)20-9-13(23-2)7-11(20)8-19-6-5-15(17)18-19/h3-6,11,13H,7-10H2,1-2H3,(H2,17,18)/t11-,13+/m0/s1. The molecular weight excluding hydrogens is 312 g/mol. The summed E-state index contributed by atoms with van der Waals surface area (Å²) in [5, 5.41) is 4.20. The molecule has 2 atom stereocenters. The maximum atomic E-state index is 12.8. The van der Waals surface area contributed by atoms with Crippen LogP contribution in [0.2, 0.25) is 0 Å². The minimum Gasteiger partial charge on any atom is -0.453 e. The first-order valence-corrected chi connectivity index (χ1v) is 7.81. The molecule has 24 heavy (non-hydrogen) atoms. The van der Waals surface area contributed by atoms with Gasteiger partial charge < -0.3 is 24.5 Å². The summed E-state index contributed by atoms with van der Waals surface area (Å²) >= 11 is 0. The summed E-state index contributed by atoms with van der Waals surface area (Å²) in [7, 11) is 3.24. The molecular formula is C16H22N4O4. The van der Waals surface area contributed by atoms with Gasteiger partial charge in [-0.15, -0.1) is 0 Å². The van der Waals surface area contributed by atoms with Crippen molar-refractivity contribution in [3.63, 3.8) is 0 Å². The normalized spacial score (nSPS) is 20.7. The Bertz CT molecular complexity index is 696. The third-order valence-corrected chi connectivity index (χ3v) is 4.19. The van der Waals surface area contributed by atoms with Crippen LogP contribution in [0.25, 0.3) is 0 Å². The van der Waals surface area contributed by atoms with E-state index in [1.807, 2.05) is 6.20 Å². The summed E-state index contributed by atoms with van der Waals surface area (Å²) in [6.07, 6.45) is 2.55. The number of carbonyl (C=O) groups is 1. The molecule has 0 bridgehead atoms. The lowest BCUT2D eigenvalue weighted by Gasteiger charge is -2.23. The lowest BCUT2D eigenvalue weighted by molar-refractivity contribution is 0.0641. The highest BCUT2D eigenvalue weighted by Gasteiger charge is 2.37. The molecule has 0 aromatic carbocycles. The monoisotopic (exact) mass is 334 g/mol. The number of rotatable bonds is 6. The van der Waals surface area contributed by atoms with Crippen molar-refractivity contribution in [3.8, 4) is 0 Å². The lowest BCUT2D eigenvalue weighted by atomic mass is 10.2. The summed E-state index contributed by atoms with van der Waals surface area (Å²) in [6.45, 7) is 1.43. The van der Waals surface area contributed by atoms with Gasteiger partial charge in [0.05, 0.1) is 18.7 Å². The zero-order valence-electron chi connectivity index (χ0n) is 13.8. The molecule has 1 aliphatic rings. The fourth-order valence-electron chi connectivity index (χ4n) is 3.02. The van der Waals surface area contributed by atoms with Crippen molar-refractivity contribution in [1.29, 1.82) is 0 Å². The second-order valence-electron chi connectivity index (χ2n) is 5.87. The van der Waals surface area contributed by atoms with Gasteiger partial charge >= 0.3 is 0 Å². The molecule has 2 aromatic heterocycles. The first-order chi connectivity index (χ1) is 11.6. The number of hydrogen-bond donors (Lipinski definition) is 1. The molecule has 0 saturated carbocycles. The van der Waals surface area contributed by atoms with E-state index in [-0.39, 0.29) is 18.1 Å². The number of furan rings is 1. The second kappa shape index (κ2) is 7.06. The summed E-state index contributed by atoms with van der Waals surface area (Å²) in [4.78, 5) is 14.6. The number of aromatic nitrogens is 2. The predicted octanol–water partition coefficient (Wildman–Crippen LogP) is 1.13. The summed E-state index contributed by atoms with van der Waals surface area (Å²) in [5.41, 5.74) is 5.66. The average Bonchev–Trinajstić information content (AvgIpc) is 3.28. The van der Waals surface area contributed by atoms with E-state index in [0.29, 0.717) is 37.0 Å². The van der Waals surface area contributed by atoms with Crippen molar-refractivity contribution in [2.45, 2.75) is 31.7 Å². The van der Waals surface area contributed by atoms with Crippen LogP contribution in [-0.4, -0.2) is 53.5 Å². The quantitative estimate of drug-likeness (QED) is 0.851. The van der Waals surface area contributed by atoms with Crippen LogP contribution in [0.5, 0.6) is 0 Å². The molecule has 1 saturated heterocycles. The largest absolute Gasteiger partial charge is 0.453 e. The fraction of sp³-hybridized carbons (Fsp3) is 0.500. The second-order valence-corrected chi connectivity index (χ2v) is 5.87. The highest BCUT2D eigenvalue weighted by molar-refractivity contribution is 5.92. The van der Waals surface area contributed by atoms with Crippen LogP contribution >= 0.6 is 0 Å². The molecule has 8 heteroatoms. The number of nitrogens with two attached hydrogens (primary N) is 1. The van der Waals surface area contributed by atoms with Gasteiger partial charge in [-0.25, -0.2) is 0 Å². The van der Waals surface area contributed by atoms with Gasteiger partial charge in [-0.2, -0.15) is 5.10 Å². The van der Waals surface area contributed by atoms with E-state index in [0.717, 1.165) is 6.42 Å². The van der Waals surface area contributed by atoms with Crippen LogP contribution in [0.3, 0.4) is 0 Å². The van der Waals surface area contributed by atoms with Crippen molar-refractivity contribution in [2.24, 2.45) is 0 Å². The molecule has 1 fully saturated rings. The Hall–Kier alpha value is -2.32. The van der Waals surface area contributed by atoms with E-state index in [4.69, 9.17) is 19.6 Å². The van der Waals surface area contributed by atoms with E-state index in [1.165, 1.54) is 0 Å². The number of methoxy groups -OCH3 is 2. The van der Waals surface area contributed by atoms with Crippen LogP contribution in [0.1, 0.15) is 22.7 Å². The van der Waals surface area contributed by atoms with Crippen molar-refractivity contribution in [2.75, 3.05) is 26.5 Å². The minimum absolute atomic E-state index is 0.000247. The van der Waals surface area contributed by atoms with Crippen LogP contribution in [0.15, 0.2) is 28.8 Å². The van der Waals surface area contributed by atoms with Crippen LogP contribution in [0.4, 0.5) is 5.82 Å². The molecule has 2 N–H and O–H groups in total. The van der Waals surface area contributed by atoms with Crippen LogP contribution < -0.4 is 5.73 Å². The van der Waals surface area contributed by atoms with Crippen molar-refractivity contribution >= 4 is 11.7 Å². The average molecular weight is 334 g/mol. The van der Waals surface area contributed by atoms with Gasteiger partial charge in [0.15, 0.2) is 5.76 Å². The Morgan fingerprint density at radius 1 is 1.42 bits per heavy atom. The lowest BCUT2D eigenvalue weighted by Crippen LogP contribution is -2.38. The van der Waals surface area contributed by atoms with Crippen LogP contribution in [0, 0.1) is 0 Å². The number of likely N-dealkylation sites (tertiary alicyclic amines) is 1. The number of nitrogens with zero attached hydrogens (tertiary/aromatic N) is 3. The van der Waals surface area contributed by atoms with Crippen molar-refractivity contribution in [3.05, 3.63) is 35.9 Å². The van der Waals surface area contributed by atoms with Gasteiger partial charge in [-0.1, -0.05) is 0 Å². The third kappa shape index (κ3) is 3.44. The van der Waals surface area contributed by atoms with Gasteiger partial charge in [0.25, 0.3) is 5.91 Å². The summed E-state index contributed by atoms with van der Waals surface area (Å²) < 4.78 is 17.8. The van der Waals surface area contributed by atoms with E-state index in [1.54, 1.807) is 42.0 Å². The van der Waals surface area contributed by atoms with Crippen LogP contribution in [-0.2, 0) is 22.6 Å². The SMILES string of the molecule is COCc1ccc(C(=O)N2C[C@H](OC)C[C@H]2Cn2ccc(N)n2)o1. The van der Waals surface area contributed by atoms with E-state index >= 15 is 0 Å². The first kappa shape index (κ1) is 16.5. The molecule has 3 rings (SSSR count). The number of hydrogen-bond acceptors (Lipinski definition) is 6. The number of anilines is 1. The maximum Gasteiger partial charge on any atom is 0.289 e. The number of ether oxygens (including phenoxy) is 2. The Balaban J connectivity index is 1.75. The van der Waals surface area contributed by atoms with E-state index in [9.17, 15) is 4.79 Å². The Kier molecular flexibility index (Phi) is 4.86. The summed E-state index contributed by atoms with van der Waals surface area (Å²) in [5.74, 6) is 1.25. The molecule has 1 amide bonds. The van der Waals surface area contributed by atoms with Gasteiger partial charge in [0.2, 0.25) is 0 Å². The van der Waals surface area contributed by atoms with Gasteiger partial charge in [0.1, 0.15) is 18.2 Å². The maximum absolute atomic E-state index is 12.8. The van der Waals surface area contributed by atoms with Gasteiger partial charge in [0, 0.05) is 27.0 Å². The topological polar surface area (TPSA) is 95.8 Å². The summed E-state index contributed by atoms with van der Waals surface area (Å²) in [6, 6.07) is 5.14. The molecule has 3 heterocycles. The predicted molar refractivity (Wildman–Crippen MR) is 86.3 cm³/mol. The Morgan fingerprint density at radius 3 is 2.92 bits per heavy atom. The zero-order valence-corrected chi connectivity index (χ0v) is 13.8. The molecule has 8 nitrogen and oxygen atoms in total. The van der Waals surface area contributed by atoms with Gasteiger partial charge in [-0.3, -0.25) is 9.48 Å². The minimum atomic E-state index is -0.151. The van der Waals surface area contributed by atoms with E-state index < -0.39 is 0 Å². The van der Waals surface area contributed by atoms with E-state index in [2.05, 4.69) is 5.10 Å². The number of carbonyl (C=O) groups excluding carboxylic acids is 1. The Labute approximate surface area is 140 Å². The molecule has 1 aliphatic heterocycles. The van der Waals surface area contributed by atoms with Crippen molar-refractivity contribution < 1.29 is 18.7 Å². The first-order valence-electron chi connectivity index (χ1n) is 7.81.